The summed E-state index contributed by atoms with van der Waals surface area (Å²) in [5, 5.41) is 0. The fourth-order valence-corrected chi connectivity index (χ4v) is 6.53. The van der Waals surface area contributed by atoms with Gasteiger partial charge in [0.2, 0.25) is 0 Å². The lowest BCUT2D eigenvalue weighted by Gasteiger charge is -2.43. The molecule has 0 spiro atoms. The molecule has 6 rings (SSSR count). The minimum absolute atomic E-state index is 0.160. The average molecular weight is 454 g/mol. The minimum Gasteiger partial charge on any atom is -0.376 e. The molecule has 0 radical (unpaired) electrons. The molecule has 34 heavy (non-hydrogen) atoms. The van der Waals surface area contributed by atoms with Crippen LogP contribution in [0.25, 0.3) is 0 Å². The standard InChI is InChI=1S/C31H35NO2/c1-21(2)26-15-9-14-25-18-28-31(30(25)26)32-27(24-12-7-4-8-13-24)16-23(17-29(32)34-28)20-33-19-22-10-5-3-6-11-22/h3-15,21,23,27-29,31H,16-20H2,1-2H3/t23-,27+,28-,29-,31-/m1/s1. The van der Waals surface area contributed by atoms with Crippen molar-refractivity contribution >= 4 is 0 Å². The van der Waals surface area contributed by atoms with Gasteiger partial charge in [0.05, 0.1) is 25.4 Å². The summed E-state index contributed by atoms with van der Waals surface area (Å²) in [5.41, 5.74) is 7.17. The fourth-order valence-electron chi connectivity index (χ4n) is 6.53. The maximum Gasteiger partial charge on any atom is 0.112 e. The van der Waals surface area contributed by atoms with Crippen molar-refractivity contribution in [3.8, 4) is 0 Å². The van der Waals surface area contributed by atoms with Crippen molar-refractivity contribution in [2.45, 2.75) is 70.1 Å². The van der Waals surface area contributed by atoms with Gasteiger partial charge in [0.1, 0.15) is 6.23 Å². The maximum atomic E-state index is 6.82. The van der Waals surface area contributed by atoms with Crippen molar-refractivity contribution in [2.75, 3.05) is 6.61 Å². The van der Waals surface area contributed by atoms with Crippen molar-refractivity contribution < 1.29 is 9.47 Å². The number of hydrogen-bond donors (Lipinski definition) is 0. The van der Waals surface area contributed by atoms with Crippen molar-refractivity contribution in [1.82, 2.24) is 4.90 Å². The van der Waals surface area contributed by atoms with E-state index in [1.54, 1.807) is 5.56 Å². The van der Waals surface area contributed by atoms with Gasteiger partial charge in [0, 0.05) is 12.5 Å². The number of ether oxygens (including phenoxy) is 2. The van der Waals surface area contributed by atoms with E-state index in [9.17, 15) is 0 Å². The molecule has 2 aliphatic heterocycles. The summed E-state index contributed by atoms with van der Waals surface area (Å²) < 4.78 is 13.0. The number of nitrogens with zero attached hydrogens (tertiary/aromatic N) is 1. The highest BCUT2D eigenvalue weighted by molar-refractivity contribution is 5.45. The molecule has 3 nitrogen and oxygen atoms in total. The molecule has 3 aromatic rings. The Morgan fingerprint density at radius 1 is 0.912 bits per heavy atom. The molecular formula is C31H35NO2. The molecule has 0 amide bonds. The van der Waals surface area contributed by atoms with E-state index in [1.165, 1.54) is 22.3 Å². The minimum atomic E-state index is 0.160. The Hall–Kier alpha value is -2.46. The zero-order valence-corrected chi connectivity index (χ0v) is 20.3. The Morgan fingerprint density at radius 3 is 2.44 bits per heavy atom. The van der Waals surface area contributed by atoms with E-state index in [1.807, 2.05) is 0 Å². The van der Waals surface area contributed by atoms with E-state index in [0.29, 0.717) is 30.5 Å². The summed E-state index contributed by atoms with van der Waals surface area (Å²) in [5.74, 6) is 1.01. The zero-order valence-electron chi connectivity index (χ0n) is 20.3. The van der Waals surface area contributed by atoms with E-state index >= 15 is 0 Å². The molecule has 3 heteroatoms. The average Bonchev–Trinajstić information content (AvgIpc) is 3.40. The molecule has 0 aromatic heterocycles. The molecular weight excluding hydrogens is 418 g/mol. The number of fused-ring (bicyclic) bond motifs is 5. The van der Waals surface area contributed by atoms with Crippen LogP contribution in [0, 0.1) is 5.92 Å². The molecule has 0 unspecified atom stereocenters. The quantitative estimate of drug-likeness (QED) is 0.410. The van der Waals surface area contributed by atoms with Crippen LogP contribution in [-0.2, 0) is 22.5 Å². The molecule has 176 valence electrons. The molecule has 5 atom stereocenters. The first-order valence-corrected chi connectivity index (χ1v) is 12.9. The van der Waals surface area contributed by atoms with Gasteiger partial charge in [-0.3, -0.25) is 4.90 Å². The molecule has 0 saturated carbocycles. The van der Waals surface area contributed by atoms with E-state index in [4.69, 9.17) is 9.47 Å². The third kappa shape index (κ3) is 4.00. The van der Waals surface area contributed by atoms with Crippen molar-refractivity contribution in [3.63, 3.8) is 0 Å². The molecule has 0 N–H and O–H groups in total. The van der Waals surface area contributed by atoms with E-state index < -0.39 is 0 Å². The number of hydrogen-bond acceptors (Lipinski definition) is 3. The van der Waals surface area contributed by atoms with Crippen LogP contribution in [0.1, 0.15) is 72.5 Å². The molecule has 2 saturated heterocycles. The molecule has 3 aliphatic rings. The molecule has 2 heterocycles. The summed E-state index contributed by atoms with van der Waals surface area (Å²) >= 11 is 0. The van der Waals surface area contributed by atoms with Crippen LogP contribution in [0.3, 0.4) is 0 Å². The summed E-state index contributed by atoms with van der Waals surface area (Å²) in [4.78, 5) is 2.73. The topological polar surface area (TPSA) is 21.7 Å². The normalized spacial score (nSPS) is 28.0. The molecule has 1 aliphatic carbocycles. The SMILES string of the molecule is CC(C)c1cccc2c1[C@H]1[C@@H](C2)O[C@@H]2C[C@H](COCc3ccccc3)C[C@@H](c3ccccc3)N21. The van der Waals surface area contributed by atoms with Crippen LogP contribution < -0.4 is 0 Å². The predicted molar refractivity (Wildman–Crippen MR) is 135 cm³/mol. The molecule has 0 bridgehead atoms. The van der Waals surface area contributed by atoms with Crippen LogP contribution in [0.5, 0.6) is 0 Å². The monoisotopic (exact) mass is 453 g/mol. The van der Waals surface area contributed by atoms with Gasteiger partial charge < -0.3 is 9.47 Å². The number of benzene rings is 3. The summed E-state index contributed by atoms with van der Waals surface area (Å²) in [6.07, 6.45) is 3.61. The maximum absolute atomic E-state index is 6.82. The van der Waals surface area contributed by atoms with Crippen molar-refractivity contribution in [2.24, 2.45) is 5.92 Å². The Morgan fingerprint density at radius 2 is 1.68 bits per heavy atom. The van der Waals surface area contributed by atoms with Gasteiger partial charge in [-0.05, 0) is 52.5 Å². The first kappa shape index (κ1) is 22.0. The van der Waals surface area contributed by atoms with Crippen molar-refractivity contribution in [1.29, 1.82) is 0 Å². The lowest BCUT2D eigenvalue weighted by atomic mass is 9.84. The fraction of sp³-hybridized carbons (Fsp3) is 0.419. The van der Waals surface area contributed by atoms with Crippen LogP contribution in [0.15, 0.2) is 78.9 Å². The Labute approximate surface area is 203 Å². The Kier molecular flexibility index (Phi) is 6.02. The lowest BCUT2D eigenvalue weighted by Crippen LogP contribution is -2.43. The largest absolute Gasteiger partial charge is 0.376 e. The second kappa shape index (κ2) is 9.30. The van der Waals surface area contributed by atoms with Gasteiger partial charge in [0.25, 0.3) is 0 Å². The van der Waals surface area contributed by atoms with Gasteiger partial charge >= 0.3 is 0 Å². The molecule has 2 fully saturated rings. The van der Waals surface area contributed by atoms with E-state index in [0.717, 1.165) is 25.9 Å². The second-order valence-electron chi connectivity index (χ2n) is 10.6. The highest BCUT2D eigenvalue weighted by Gasteiger charge is 2.53. The molecule has 3 aromatic carbocycles. The lowest BCUT2D eigenvalue weighted by molar-refractivity contribution is -0.0762. The van der Waals surface area contributed by atoms with Gasteiger partial charge in [-0.2, -0.15) is 0 Å². The third-order valence-electron chi connectivity index (χ3n) is 8.01. The summed E-state index contributed by atoms with van der Waals surface area (Å²) in [7, 11) is 0. The van der Waals surface area contributed by atoms with Crippen LogP contribution >= 0.6 is 0 Å². The van der Waals surface area contributed by atoms with Gasteiger partial charge in [0.15, 0.2) is 0 Å². The van der Waals surface area contributed by atoms with Crippen LogP contribution in [0.4, 0.5) is 0 Å². The summed E-state index contributed by atoms with van der Waals surface area (Å²) in [6.45, 7) is 6.11. The smallest absolute Gasteiger partial charge is 0.112 e. The first-order valence-electron chi connectivity index (χ1n) is 12.9. The number of piperidine rings is 1. The predicted octanol–water partition coefficient (Wildman–Crippen LogP) is 6.80. The second-order valence-corrected chi connectivity index (χ2v) is 10.6. The Bertz CT molecular complexity index is 1110. The zero-order chi connectivity index (χ0) is 23.1. The third-order valence-corrected chi connectivity index (χ3v) is 8.01. The van der Waals surface area contributed by atoms with Gasteiger partial charge in [-0.1, -0.05) is 92.7 Å². The van der Waals surface area contributed by atoms with Gasteiger partial charge in [-0.25, -0.2) is 0 Å². The van der Waals surface area contributed by atoms with Crippen LogP contribution in [0.2, 0.25) is 0 Å². The Balaban J connectivity index is 1.28. The first-order chi connectivity index (χ1) is 16.7. The van der Waals surface area contributed by atoms with E-state index in [-0.39, 0.29) is 12.3 Å². The highest BCUT2D eigenvalue weighted by Crippen LogP contribution is 2.54. The van der Waals surface area contributed by atoms with Crippen molar-refractivity contribution in [3.05, 3.63) is 107 Å². The highest BCUT2D eigenvalue weighted by atomic mass is 16.5. The van der Waals surface area contributed by atoms with Gasteiger partial charge in [-0.15, -0.1) is 0 Å². The van der Waals surface area contributed by atoms with E-state index in [2.05, 4.69) is 97.6 Å². The summed E-state index contributed by atoms with van der Waals surface area (Å²) in [6, 6.07) is 29.2. The van der Waals surface area contributed by atoms with Crippen LogP contribution in [-0.4, -0.2) is 23.8 Å². The number of rotatable bonds is 6.